The third kappa shape index (κ3) is 5.17. The van der Waals surface area contributed by atoms with Gasteiger partial charge in [0.05, 0.1) is 11.1 Å². The summed E-state index contributed by atoms with van der Waals surface area (Å²) < 4.78 is 7.85. The standard InChI is InChI=1S/C26H27ClN4O2/c1-4-31-25-24(17(2)30-31)22(20-8-6-5-7-9-20)16-23(29-25)33-18(3)26(32)28-15-14-19-10-12-21(27)13-11-19/h5-13,16,18H,4,14-15H2,1-3H3,(H,28,32)/t18-/m1/s1. The molecule has 0 bridgehead atoms. The van der Waals surface area contributed by atoms with Gasteiger partial charge in [-0.05, 0) is 56.0 Å². The molecule has 0 fully saturated rings. The third-order valence-corrected chi connectivity index (χ3v) is 5.78. The summed E-state index contributed by atoms with van der Waals surface area (Å²) in [4.78, 5) is 17.3. The molecular formula is C26H27ClN4O2. The number of aryl methyl sites for hydroxylation is 2. The molecule has 0 aliphatic carbocycles. The van der Waals surface area contributed by atoms with Crippen LogP contribution in [0.3, 0.4) is 0 Å². The number of carbonyl (C=O) groups is 1. The summed E-state index contributed by atoms with van der Waals surface area (Å²) in [7, 11) is 0. The maximum absolute atomic E-state index is 12.6. The Balaban J connectivity index is 1.52. The second kappa shape index (κ2) is 10.0. The van der Waals surface area contributed by atoms with E-state index in [2.05, 4.69) is 10.4 Å². The molecule has 33 heavy (non-hydrogen) atoms. The zero-order valence-corrected chi connectivity index (χ0v) is 19.8. The molecule has 0 saturated heterocycles. The summed E-state index contributed by atoms with van der Waals surface area (Å²) in [6.07, 6.45) is 0.0235. The summed E-state index contributed by atoms with van der Waals surface area (Å²) in [6, 6.07) is 19.6. The number of hydrogen-bond acceptors (Lipinski definition) is 4. The number of ether oxygens (including phenoxy) is 1. The molecule has 0 radical (unpaired) electrons. The van der Waals surface area contributed by atoms with E-state index in [1.807, 2.05) is 79.2 Å². The van der Waals surface area contributed by atoms with Crippen molar-refractivity contribution < 1.29 is 9.53 Å². The molecule has 7 heteroatoms. The molecule has 0 aliphatic rings. The number of amides is 1. The first-order valence-corrected chi connectivity index (χ1v) is 11.5. The fourth-order valence-corrected chi connectivity index (χ4v) is 3.94. The minimum Gasteiger partial charge on any atom is -0.464 e. The number of nitrogens with one attached hydrogen (secondary N) is 1. The summed E-state index contributed by atoms with van der Waals surface area (Å²) in [5.74, 6) is 0.212. The first kappa shape index (κ1) is 22.8. The summed E-state index contributed by atoms with van der Waals surface area (Å²) in [5.41, 5.74) is 4.81. The van der Waals surface area contributed by atoms with Crippen molar-refractivity contribution in [2.75, 3.05) is 6.54 Å². The molecule has 1 N–H and O–H groups in total. The van der Waals surface area contributed by atoms with Crippen LogP contribution in [0.1, 0.15) is 25.1 Å². The molecule has 1 atom stereocenters. The third-order valence-electron chi connectivity index (χ3n) is 5.53. The highest BCUT2D eigenvalue weighted by atomic mass is 35.5. The largest absolute Gasteiger partial charge is 0.464 e. The molecule has 0 unspecified atom stereocenters. The summed E-state index contributed by atoms with van der Waals surface area (Å²) >= 11 is 5.92. The van der Waals surface area contributed by atoms with Gasteiger partial charge in [0.25, 0.3) is 5.91 Å². The topological polar surface area (TPSA) is 69.0 Å². The highest BCUT2D eigenvalue weighted by Gasteiger charge is 2.20. The van der Waals surface area contributed by atoms with Gasteiger partial charge in [0, 0.05) is 24.2 Å². The Morgan fingerprint density at radius 1 is 1.15 bits per heavy atom. The highest BCUT2D eigenvalue weighted by Crippen LogP contribution is 2.33. The van der Waals surface area contributed by atoms with Gasteiger partial charge < -0.3 is 10.1 Å². The van der Waals surface area contributed by atoms with Gasteiger partial charge in [-0.25, -0.2) is 4.68 Å². The van der Waals surface area contributed by atoms with Crippen molar-refractivity contribution in [3.05, 3.63) is 76.9 Å². The normalized spacial score (nSPS) is 12.0. The number of carbonyl (C=O) groups excluding carboxylic acids is 1. The van der Waals surface area contributed by atoms with Gasteiger partial charge in [-0.3, -0.25) is 4.79 Å². The lowest BCUT2D eigenvalue weighted by Gasteiger charge is -2.15. The molecule has 0 aliphatic heterocycles. The molecule has 4 aromatic rings. The number of rotatable bonds is 8. The van der Waals surface area contributed by atoms with Crippen LogP contribution in [-0.4, -0.2) is 33.3 Å². The number of aromatic nitrogens is 3. The van der Waals surface area contributed by atoms with Crippen molar-refractivity contribution >= 4 is 28.5 Å². The van der Waals surface area contributed by atoms with Crippen molar-refractivity contribution in [3.63, 3.8) is 0 Å². The van der Waals surface area contributed by atoms with Gasteiger partial charge in [0.15, 0.2) is 11.8 Å². The Morgan fingerprint density at radius 2 is 1.88 bits per heavy atom. The van der Waals surface area contributed by atoms with Crippen molar-refractivity contribution in [1.82, 2.24) is 20.1 Å². The van der Waals surface area contributed by atoms with E-state index in [0.29, 0.717) is 30.4 Å². The van der Waals surface area contributed by atoms with Gasteiger partial charge >= 0.3 is 0 Å². The van der Waals surface area contributed by atoms with Crippen LogP contribution in [0.25, 0.3) is 22.2 Å². The van der Waals surface area contributed by atoms with Gasteiger partial charge in [-0.1, -0.05) is 54.1 Å². The van der Waals surface area contributed by atoms with Crippen LogP contribution in [0.5, 0.6) is 5.88 Å². The highest BCUT2D eigenvalue weighted by molar-refractivity contribution is 6.30. The quantitative estimate of drug-likeness (QED) is 0.390. The molecule has 6 nitrogen and oxygen atoms in total. The van der Waals surface area contributed by atoms with E-state index in [-0.39, 0.29) is 5.91 Å². The lowest BCUT2D eigenvalue weighted by molar-refractivity contribution is -0.127. The number of pyridine rings is 1. The summed E-state index contributed by atoms with van der Waals surface area (Å²) in [6.45, 7) is 6.95. The minimum absolute atomic E-state index is 0.188. The van der Waals surface area contributed by atoms with Crippen molar-refractivity contribution in [2.45, 2.75) is 39.8 Å². The molecule has 2 aromatic heterocycles. The molecule has 2 heterocycles. The van der Waals surface area contributed by atoms with E-state index < -0.39 is 6.10 Å². The minimum atomic E-state index is -0.692. The van der Waals surface area contributed by atoms with Gasteiger partial charge in [-0.2, -0.15) is 10.1 Å². The molecule has 0 spiro atoms. The SMILES string of the molecule is CCn1nc(C)c2c(-c3ccccc3)cc(O[C@H](C)C(=O)NCCc3ccc(Cl)cc3)nc21. The van der Waals surface area contributed by atoms with Gasteiger partial charge in [0.2, 0.25) is 5.88 Å². The van der Waals surface area contributed by atoms with Gasteiger partial charge in [-0.15, -0.1) is 0 Å². The maximum Gasteiger partial charge on any atom is 0.260 e. The van der Waals surface area contributed by atoms with Crippen LogP contribution in [0, 0.1) is 6.92 Å². The van der Waals surface area contributed by atoms with E-state index >= 15 is 0 Å². The number of hydrogen-bond donors (Lipinski definition) is 1. The number of fused-ring (bicyclic) bond motifs is 1. The van der Waals surface area contributed by atoms with Crippen molar-refractivity contribution in [2.24, 2.45) is 0 Å². The monoisotopic (exact) mass is 462 g/mol. The fourth-order valence-electron chi connectivity index (χ4n) is 3.82. The Hall–Kier alpha value is -3.38. The summed E-state index contributed by atoms with van der Waals surface area (Å²) in [5, 5.41) is 9.26. The lowest BCUT2D eigenvalue weighted by atomic mass is 10.0. The molecule has 1 amide bonds. The second-order valence-electron chi connectivity index (χ2n) is 7.90. The fraction of sp³-hybridized carbons (Fsp3) is 0.269. The van der Waals surface area contributed by atoms with Crippen LogP contribution >= 0.6 is 11.6 Å². The van der Waals surface area contributed by atoms with Crippen LogP contribution in [0.2, 0.25) is 5.02 Å². The van der Waals surface area contributed by atoms with Crippen LogP contribution in [0.15, 0.2) is 60.7 Å². The van der Waals surface area contributed by atoms with E-state index in [1.165, 1.54) is 0 Å². The average Bonchev–Trinajstić information content (AvgIpc) is 3.15. The van der Waals surface area contributed by atoms with Crippen molar-refractivity contribution in [3.8, 4) is 17.0 Å². The Labute approximate surface area is 198 Å². The lowest BCUT2D eigenvalue weighted by Crippen LogP contribution is -2.37. The first-order chi connectivity index (χ1) is 16.0. The number of benzene rings is 2. The molecule has 0 saturated carbocycles. The van der Waals surface area contributed by atoms with E-state index in [0.717, 1.165) is 33.4 Å². The molecular weight excluding hydrogens is 436 g/mol. The zero-order valence-electron chi connectivity index (χ0n) is 19.0. The zero-order chi connectivity index (χ0) is 23.4. The van der Waals surface area contributed by atoms with E-state index in [9.17, 15) is 4.79 Å². The predicted molar refractivity (Wildman–Crippen MR) is 132 cm³/mol. The predicted octanol–water partition coefficient (Wildman–Crippen LogP) is 5.21. The second-order valence-corrected chi connectivity index (χ2v) is 8.34. The average molecular weight is 463 g/mol. The molecule has 170 valence electrons. The Kier molecular flexibility index (Phi) is 6.94. The molecule has 4 rings (SSSR count). The van der Waals surface area contributed by atoms with E-state index in [4.69, 9.17) is 21.3 Å². The van der Waals surface area contributed by atoms with Crippen LogP contribution in [0.4, 0.5) is 0 Å². The Bertz CT molecular complexity index is 1250. The number of nitrogens with zero attached hydrogens (tertiary/aromatic N) is 3. The van der Waals surface area contributed by atoms with Crippen LogP contribution in [-0.2, 0) is 17.8 Å². The van der Waals surface area contributed by atoms with E-state index in [1.54, 1.807) is 6.92 Å². The smallest absolute Gasteiger partial charge is 0.260 e. The Morgan fingerprint density at radius 3 is 2.58 bits per heavy atom. The molecule has 2 aromatic carbocycles. The van der Waals surface area contributed by atoms with Gasteiger partial charge in [0.1, 0.15) is 0 Å². The maximum atomic E-state index is 12.6. The van der Waals surface area contributed by atoms with Crippen LogP contribution < -0.4 is 10.1 Å². The van der Waals surface area contributed by atoms with Crippen molar-refractivity contribution in [1.29, 1.82) is 0 Å². The first-order valence-electron chi connectivity index (χ1n) is 11.1. The number of halogens is 1.